The average molecular weight is 283 g/mol. The van der Waals surface area contributed by atoms with Gasteiger partial charge in [-0.1, -0.05) is 6.42 Å². The highest BCUT2D eigenvalue weighted by molar-refractivity contribution is 5.88. The van der Waals surface area contributed by atoms with Crippen molar-refractivity contribution in [2.75, 3.05) is 6.54 Å². The zero-order valence-corrected chi connectivity index (χ0v) is 13.2. The summed E-state index contributed by atoms with van der Waals surface area (Å²) >= 11 is 0. The van der Waals surface area contributed by atoms with Crippen molar-refractivity contribution < 1.29 is 9.59 Å². The van der Waals surface area contributed by atoms with Gasteiger partial charge in [0.05, 0.1) is 0 Å². The fourth-order valence-electron chi connectivity index (χ4n) is 2.62. The van der Waals surface area contributed by atoms with Crippen LogP contribution in [0.5, 0.6) is 0 Å². The van der Waals surface area contributed by atoms with Crippen LogP contribution in [0.2, 0.25) is 0 Å². The Hall–Kier alpha value is -1.10. The monoisotopic (exact) mass is 283 g/mol. The summed E-state index contributed by atoms with van der Waals surface area (Å²) in [6.45, 7) is 8.14. The molecule has 1 aliphatic carbocycles. The van der Waals surface area contributed by atoms with E-state index in [4.69, 9.17) is 5.73 Å². The molecule has 4 N–H and O–H groups in total. The molecule has 5 nitrogen and oxygen atoms in total. The summed E-state index contributed by atoms with van der Waals surface area (Å²) in [7, 11) is 0. The number of rotatable bonds is 4. The molecule has 1 fully saturated rings. The first-order chi connectivity index (χ1) is 9.23. The first kappa shape index (κ1) is 17.0. The van der Waals surface area contributed by atoms with E-state index >= 15 is 0 Å². The quantitative estimate of drug-likeness (QED) is 0.724. The fourth-order valence-corrected chi connectivity index (χ4v) is 2.62. The lowest BCUT2D eigenvalue weighted by Gasteiger charge is -2.29. The minimum Gasteiger partial charge on any atom is -0.350 e. The van der Waals surface area contributed by atoms with E-state index < -0.39 is 6.04 Å². The lowest BCUT2D eigenvalue weighted by Crippen LogP contribution is -2.52. The van der Waals surface area contributed by atoms with Crippen molar-refractivity contribution in [2.24, 2.45) is 17.6 Å². The van der Waals surface area contributed by atoms with Crippen LogP contribution in [-0.4, -0.2) is 29.9 Å². The van der Waals surface area contributed by atoms with E-state index in [9.17, 15) is 9.59 Å². The topological polar surface area (TPSA) is 84.2 Å². The lowest BCUT2D eigenvalue weighted by molar-refractivity contribution is -0.132. The molecule has 0 heterocycles. The Morgan fingerprint density at radius 1 is 1.30 bits per heavy atom. The molecule has 116 valence electrons. The van der Waals surface area contributed by atoms with Crippen molar-refractivity contribution >= 4 is 11.8 Å². The maximum absolute atomic E-state index is 12.2. The molecule has 0 aliphatic heterocycles. The molecule has 0 aromatic heterocycles. The minimum absolute atomic E-state index is 0.00202. The normalized spacial score (nSPS) is 24.9. The smallest absolute Gasteiger partial charge is 0.242 e. The van der Waals surface area contributed by atoms with Gasteiger partial charge in [0.25, 0.3) is 0 Å². The highest BCUT2D eigenvalue weighted by atomic mass is 16.2. The third kappa shape index (κ3) is 5.49. The molecule has 0 saturated heterocycles. The van der Waals surface area contributed by atoms with Crippen LogP contribution in [0.25, 0.3) is 0 Å². The second kappa shape index (κ2) is 7.07. The number of carbonyl (C=O) groups is 2. The van der Waals surface area contributed by atoms with Gasteiger partial charge in [-0.15, -0.1) is 0 Å². The van der Waals surface area contributed by atoms with E-state index in [1.54, 1.807) is 6.92 Å². The third-order valence-electron chi connectivity index (χ3n) is 3.74. The second-order valence-electron chi connectivity index (χ2n) is 6.93. The van der Waals surface area contributed by atoms with E-state index in [-0.39, 0.29) is 23.3 Å². The van der Waals surface area contributed by atoms with Gasteiger partial charge >= 0.3 is 0 Å². The number of amides is 2. The molecule has 3 unspecified atom stereocenters. The van der Waals surface area contributed by atoms with Gasteiger partial charge in [0, 0.05) is 11.5 Å². The van der Waals surface area contributed by atoms with Crippen LogP contribution in [-0.2, 0) is 9.59 Å². The number of hydrogen-bond acceptors (Lipinski definition) is 3. The molecule has 2 amide bonds. The average Bonchev–Trinajstić information content (AvgIpc) is 2.36. The number of carbonyl (C=O) groups excluding carboxylic acids is 2. The molecule has 1 aliphatic rings. The summed E-state index contributed by atoms with van der Waals surface area (Å²) in [5.74, 6) is 0.289. The van der Waals surface area contributed by atoms with Gasteiger partial charge in [-0.2, -0.15) is 0 Å². The van der Waals surface area contributed by atoms with Crippen LogP contribution in [0.3, 0.4) is 0 Å². The number of nitrogens with two attached hydrogens (primary N) is 1. The zero-order valence-electron chi connectivity index (χ0n) is 13.2. The minimum atomic E-state index is -0.500. The summed E-state index contributed by atoms with van der Waals surface area (Å²) in [4.78, 5) is 24.2. The molecule has 0 aromatic carbocycles. The Balaban J connectivity index is 2.46. The van der Waals surface area contributed by atoms with Gasteiger partial charge in [0.2, 0.25) is 11.8 Å². The molecular formula is C15H29N3O2. The Labute approximate surface area is 122 Å². The highest BCUT2D eigenvalue weighted by Crippen LogP contribution is 2.28. The molecule has 1 rings (SSSR count). The van der Waals surface area contributed by atoms with E-state index in [1.807, 2.05) is 20.8 Å². The largest absolute Gasteiger partial charge is 0.350 e. The van der Waals surface area contributed by atoms with E-state index in [2.05, 4.69) is 10.6 Å². The first-order valence-corrected chi connectivity index (χ1v) is 7.55. The molecular weight excluding hydrogens is 254 g/mol. The third-order valence-corrected chi connectivity index (χ3v) is 3.74. The van der Waals surface area contributed by atoms with Gasteiger partial charge in [-0.25, -0.2) is 0 Å². The molecule has 0 bridgehead atoms. The maximum Gasteiger partial charge on any atom is 0.242 e. The summed E-state index contributed by atoms with van der Waals surface area (Å²) in [6.07, 6.45) is 3.90. The Morgan fingerprint density at radius 3 is 2.50 bits per heavy atom. The summed E-state index contributed by atoms with van der Waals surface area (Å²) in [5, 5.41) is 5.70. The van der Waals surface area contributed by atoms with Crippen LogP contribution in [0.4, 0.5) is 0 Å². The van der Waals surface area contributed by atoms with Crippen LogP contribution in [0.1, 0.15) is 53.4 Å². The molecule has 20 heavy (non-hydrogen) atoms. The lowest BCUT2D eigenvalue weighted by atomic mass is 9.81. The second-order valence-corrected chi connectivity index (χ2v) is 6.93. The fraction of sp³-hybridized carbons (Fsp3) is 0.867. The summed E-state index contributed by atoms with van der Waals surface area (Å²) in [5.41, 5.74) is 5.40. The van der Waals surface area contributed by atoms with Gasteiger partial charge in [0.15, 0.2) is 0 Å². The Bertz CT molecular complexity index is 350. The maximum atomic E-state index is 12.2. The molecule has 0 aromatic rings. The number of hydrogen-bond donors (Lipinski definition) is 3. The molecule has 0 radical (unpaired) electrons. The van der Waals surface area contributed by atoms with Gasteiger partial charge < -0.3 is 16.4 Å². The Kier molecular flexibility index (Phi) is 5.99. The SMILES string of the molecule is CC(NC(=O)C1CCCC(CN)C1)C(=O)NC(C)(C)C. The van der Waals surface area contributed by atoms with E-state index in [1.165, 1.54) is 0 Å². The summed E-state index contributed by atoms with van der Waals surface area (Å²) < 4.78 is 0. The van der Waals surface area contributed by atoms with Crippen molar-refractivity contribution in [1.82, 2.24) is 10.6 Å². The predicted octanol–water partition coefficient (Wildman–Crippen LogP) is 1.17. The zero-order chi connectivity index (χ0) is 15.3. The first-order valence-electron chi connectivity index (χ1n) is 7.55. The Morgan fingerprint density at radius 2 is 1.95 bits per heavy atom. The van der Waals surface area contributed by atoms with Crippen molar-refractivity contribution in [2.45, 2.75) is 65.0 Å². The predicted molar refractivity (Wildman–Crippen MR) is 80.0 cm³/mol. The molecule has 1 saturated carbocycles. The van der Waals surface area contributed by atoms with Crippen molar-refractivity contribution in [1.29, 1.82) is 0 Å². The van der Waals surface area contributed by atoms with Crippen LogP contribution < -0.4 is 16.4 Å². The van der Waals surface area contributed by atoms with E-state index in [0.29, 0.717) is 12.5 Å². The number of nitrogens with one attached hydrogen (secondary N) is 2. The van der Waals surface area contributed by atoms with Crippen molar-refractivity contribution in [3.63, 3.8) is 0 Å². The molecule has 0 spiro atoms. The summed E-state index contributed by atoms with van der Waals surface area (Å²) in [6, 6.07) is -0.500. The van der Waals surface area contributed by atoms with Crippen molar-refractivity contribution in [3.8, 4) is 0 Å². The van der Waals surface area contributed by atoms with Gasteiger partial charge in [-0.05, 0) is 59.4 Å². The van der Waals surface area contributed by atoms with Crippen LogP contribution in [0.15, 0.2) is 0 Å². The van der Waals surface area contributed by atoms with E-state index in [0.717, 1.165) is 25.7 Å². The van der Waals surface area contributed by atoms with Crippen LogP contribution >= 0.6 is 0 Å². The standard InChI is InChI=1S/C15H29N3O2/c1-10(13(19)18-15(2,3)4)17-14(20)12-7-5-6-11(8-12)9-16/h10-12H,5-9,16H2,1-4H3,(H,17,20)(H,18,19). The highest BCUT2D eigenvalue weighted by Gasteiger charge is 2.29. The van der Waals surface area contributed by atoms with Crippen molar-refractivity contribution in [3.05, 3.63) is 0 Å². The molecule has 3 atom stereocenters. The molecule has 5 heteroatoms. The van der Waals surface area contributed by atoms with Gasteiger partial charge in [-0.3, -0.25) is 9.59 Å². The van der Waals surface area contributed by atoms with Crippen LogP contribution in [0, 0.1) is 11.8 Å². The van der Waals surface area contributed by atoms with Gasteiger partial charge in [0.1, 0.15) is 6.04 Å².